The van der Waals surface area contributed by atoms with Crippen molar-refractivity contribution in [3.05, 3.63) is 34.3 Å². The normalized spacial score (nSPS) is 17.9. The average molecular weight is 296 g/mol. The average Bonchev–Trinajstić information content (AvgIpc) is 2.60. The van der Waals surface area contributed by atoms with E-state index in [0.717, 1.165) is 0 Å². The molecular formula is C15H22BrN. The van der Waals surface area contributed by atoms with Gasteiger partial charge in [-0.25, -0.2) is 0 Å². The van der Waals surface area contributed by atoms with Crippen molar-refractivity contribution in [3.8, 4) is 0 Å². The number of aryl methyl sites for hydroxylation is 1. The molecule has 0 saturated carbocycles. The molecule has 2 heteroatoms. The zero-order valence-electron chi connectivity index (χ0n) is 10.5. The standard InChI is InChI=1S/C15H22BrN/c16-15-10-4-3-8-14(15)9-7-13-17-11-5-1-2-6-12-17/h3-4,8,10H,1-2,5-7,9,11-13H2. The molecule has 0 spiro atoms. The molecule has 0 aromatic heterocycles. The van der Waals surface area contributed by atoms with Crippen LogP contribution in [0.25, 0.3) is 0 Å². The summed E-state index contributed by atoms with van der Waals surface area (Å²) < 4.78 is 1.26. The van der Waals surface area contributed by atoms with E-state index in [1.807, 2.05) is 0 Å². The predicted octanol–water partition coefficient (Wildman–Crippen LogP) is 4.26. The molecule has 0 aliphatic carbocycles. The molecule has 0 atom stereocenters. The predicted molar refractivity (Wildman–Crippen MR) is 77.4 cm³/mol. The number of hydrogen-bond donors (Lipinski definition) is 0. The van der Waals surface area contributed by atoms with Crippen LogP contribution in [0.3, 0.4) is 0 Å². The van der Waals surface area contributed by atoms with E-state index in [0.29, 0.717) is 0 Å². The SMILES string of the molecule is Brc1ccccc1CCCN1CCCCCC1. The van der Waals surface area contributed by atoms with Crippen molar-refractivity contribution in [2.45, 2.75) is 38.5 Å². The van der Waals surface area contributed by atoms with E-state index in [-0.39, 0.29) is 0 Å². The summed E-state index contributed by atoms with van der Waals surface area (Å²) in [6.07, 6.45) is 8.13. The first-order chi connectivity index (χ1) is 8.36. The first-order valence-corrected chi connectivity index (χ1v) is 7.61. The highest BCUT2D eigenvalue weighted by Crippen LogP contribution is 2.18. The maximum Gasteiger partial charge on any atom is 0.0207 e. The first kappa shape index (κ1) is 13.1. The fraction of sp³-hybridized carbons (Fsp3) is 0.600. The van der Waals surface area contributed by atoms with Gasteiger partial charge in [-0.3, -0.25) is 0 Å². The molecule has 1 saturated heterocycles. The van der Waals surface area contributed by atoms with Gasteiger partial charge in [0.25, 0.3) is 0 Å². The smallest absolute Gasteiger partial charge is 0.0207 e. The molecule has 1 nitrogen and oxygen atoms in total. The van der Waals surface area contributed by atoms with Gasteiger partial charge in [0.1, 0.15) is 0 Å². The Kier molecular flexibility index (Phi) is 5.53. The van der Waals surface area contributed by atoms with Crippen molar-refractivity contribution < 1.29 is 0 Å². The number of hydrogen-bond acceptors (Lipinski definition) is 1. The van der Waals surface area contributed by atoms with Gasteiger partial charge in [0.05, 0.1) is 0 Å². The maximum atomic E-state index is 3.62. The fourth-order valence-corrected chi connectivity index (χ4v) is 3.04. The van der Waals surface area contributed by atoms with Crippen LogP contribution < -0.4 is 0 Å². The van der Waals surface area contributed by atoms with Crippen LogP contribution >= 0.6 is 15.9 Å². The zero-order valence-corrected chi connectivity index (χ0v) is 12.1. The van der Waals surface area contributed by atoms with Gasteiger partial charge in [0.2, 0.25) is 0 Å². The molecule has 0 radical (unpaired) electrons. The minimum absolute atomic E-state index is 1.19. The van der Waals surface area contributed by atoms with Crippen LogP contribution in [0, 0.1) is 0 Å². The van der Waals surface area contributed by atoms with Crippen molar-refractivity contribution in [1.82, 2.24) is 4.90 Å². The Morgan fingerprint density at radius 2 is 1.71 bits per heavy atom. The molecule has 17 heavy (non-hydrogen) atoms. The van der Waals surface area contributed by atoms with Crippen LogP contribution in [0.2, 0.25) is 0 Å². The van der Waals surface area contributed by atoms with Gasteiger partial charge in [-0.2, -0.15) is 0 Å². The highest BCUT2D eigenvalue weighted by molar-refractivity contribution is 9.10. The summed E-state index contributed by atoms with van der Waals surface area (Å²) in [5, 5.41) is 0. The Labute approximate surface area is 113 Å². The minimum atomic E-state index is 1.19. The van der Waals surface area contributed by atoms with Crippen molar-refractivity contribution in [2.75, 3.05) is 19.6 Å². The highest BCUT2D eigenvalue weighted by atomic mass is 79.9. The molecule has 0 N–H and O–H groups in total. The van der Waals surface area contributed by atoms with Gasteiger partial charge in [-0.15, -0.1) is 0 Å². The van der Waals surface area contributed by atoms with Crippen LogP contribution in [-0.2, 0) is 6.42 Å². The van der Waals surface area contributed by atoms with Gasteiger partial charge in [-0.1, -0.05) is 47.0 Å². The lowest BCUT2D eigenvalue weighted by Crippen LogP contribution is -2.26. The third-order valence-electron chi connectivity index (χ3n) is 3.58. The zero-order chi connectivity index (χ0) is 11.9. The Balaban J connectivity index is 1.73. The van der Waals surface area contributed by atoms with Crippen LogP contribution in [0.4, 0.5) is 0 Å². The number of benzene rings is 1. The van der Waals surface area contributed by atoms with Crippen LogP contribution in [0.1, 0.15) is 37.7 Å². The molecule has 1 aromatic carbocycles. The molecule has 0 amide bonds. The molecule has 1 aromatic rings. The van der Waals surface area contributed by atoms with Crippen LogP contribution in [0.15, 0.2) is 28.7 Å². The van der Waals surface area contributed by atoms with Gasteiger partial charge >= 0.3 is 0 Å². The summed E-state index contributed by atoms with van der Waals surface area (Å²) >= 11 is 3.62. The van der Waals surface area contributed by atoms with Crippen molar-refractivity contribution in [2.24, 2.45) is 0 Å². The summed E-state index contributed by atoms with van der Waals surface area (Å²) in [5.74, 6) is 0. The maximum absolute atomic E-state index is 3.62. The van der Waals surface area contributed by atoms with Crippen LogP contribution in [0.5, 0.6) is 0 Å². The lowest BCUT2D eigenvalue weighted by Gasteiger charge is -2.19. The van der Waals surface area contributed by atoms with E-state index in [1.54, 1.807) is 0 Å². The van der Waals surface area contributed by atoms with Gasteiger partial charge in [0, 0.05) is 4.47 Å². The molecule has 94 valence electrons. The Morgan fingerprint density at radius 1 is 1.00 bits per heavy atom. The van der Waals surface area contributed by atoms with Crippen molar-refractivity contribution >= 4 is 15.9 Å². The summed E-state index contributed by atoms with van der Waals surface area (Å²) in [4.78, 5) is 2.64. The Hall–Kier alpha value is -0.340. The lowest BCUT2D eigenvalue weighted by atomic mass is 10.1. The van der Waals surface area contributed by atoms with E-state index in [4.69, 9.17) is 0 Å². The van der Waals surface area contributed by atoms with Gasteiger partial charge in [0.15, 0.2) is 0 Å². The molecular weight excluding hydrogens is 274 g/mol. The largest absolute Gasteiger partial charge is 0.303 e. The third-order valence-corrected chi connectivity index (χ3v) is 4.35. The Morgan fingerprint density at radius 3 is 2.41 bits per heavy atom. The van der Waals surface area contributed by atoms with E-state index < -0.39 is 0 Å². The summed E-state index contributed by atoms with van der Waals surface area (Å²) in [6, 6.07) is 8.59. The number of nitrogens with zero attached hydrogens (tertiary/aromatic N) is 1. The lowest BCUT2D eigenvalue weighted by molar-refractivity contribution is 0.281. The van der Waals surface area contributed by atoms with E-state index >= 15 is 0 Å². The second-order valence-corrected chi connectivity index (χ2v) is 5.81. The van der Waals surface area contributed by atoms with Gasteiger partial charge < -0.3 is 4.90 Å². The van der Waals surface area contributed by atoms with Crippen molar-refractivity contribution in [3.63, 3.8) is 0 Å². The molecule has 1 heterocycles. The summed E-state index contributed by atoms with van der Waals surface area (Å²) in [5.41, 5.74) is 1.45. The van der Waals surface area contributed by atoms with Gasteiger partial charge in [-0.05, 0) is 56.9 Å². The molecule has 0 bridgehead atoms. The molecule has 1 aliphatic heterocycles. The first-order valence-electron chi connectivity index (χ1n) is 6.82. The number of rotatable bonds is 4. The van der Waals surface area contributed by atoms with Crippen molar-refractivity contribution in [1.29, 1.82) is 0 Å². The second-order valence-electron chi connectivity index (χ2n) is 4.95. The number of halogens is 1. The molecule has 1 fully saturated rings. The summed E-state index contributed by atoms with van der Waals surface area (Å²) in [7, 11) is 0. The van der Waals surface area contributed by atoms with E-state index in [2.05, 4.69) is 45.1 Å². The fourth-order valence-electron chi connectivity index (χ4n) is 2.55. The van der Waals surface area contributed by atoms with E-state index in [1.165, 1.54) is 68.2 Å². The second kappa shape index (κ2) is 7.17. The summed E-state index contributed by atoms with van der Waals surface area (Å²) in [6.45, 7) is 3.90. The number of likely N-dealkylation sites (tertiary alicyclic amines) is 1. The molecule has 1 aliphatic rings. The third kappa shape index (κ3) is 4.44. The van der Waals surface area contributed by atoms with Crippen LogP contribution in [-0.4, -0.2) is 24.5 Å². The quantitative estimate of drug-likeness (QED) is 0.802. The highest BCUT2D eigenvalue weighted by Gasteiger charge is 2.08. The monoisotopic (exact) mass is 295 g/mol. The molecule has 0 unspecified atom stereocenters. The minimum Gasteiger partial charge on any atom is -0.303 e. The van der Waals surface area contributed by atoms with E-state index in [9.17, 15) is 0 Å². The topological polar surface area (TPSA) is 3.24 Å². The Bertz CT molecular complexity index is 329. The molecule has 2 rings (SSSR count).